The molecule has 8 heteroatoms. The second-order valence-corrected chi connectivity index (χ2v) is 5.46. The van der Waals surface area contributed by atoms with Gasteiger partial charge in [-0.05, 0) is 19.1 Å². The van der Waals surface area contributed by atoms with Gasteiger partial charge < -0.3 is 9.47 Å². The molecule has 1 heterocycles. The van der Waals surface area contributed by atoms with Gasteiger partial charge in [0.2, 0.25) is 23.2 Å². The topological polar surface area (TPSA) is 81.7 Å². The molecule has 0 aromatic heterocycles. The van der Waals surface area contributed by atoms with Crippen molar-refractivity contribution in [1.82, 2.24) is 5.32 Å². The van der Waals surface area contributed by atoms with E-state index in [9.17, 15) is 18.8 Å². The molecule has 0 aliphatic carbocycles. The molecule has 1 atom stereocenters. The van der Waals surface area contributed by atoms with Crippen LogP contribution in [0.25, 0.3) is 0 Å². The van der Waals surface area contributed by atoms with Crippen LogP contribution in [0.15, 0.2) is 29.8 Å². The fourth-order valence-electron chi connectivity index (χ4n) is 2.15. The molecule has 122 valence electrons. The van der Waals surface area contributed by atoms with E-state index < -0.39 is 34.8 Å². The number of carbonyl (C=O) groups is 3. The van der Waals surface area contributed by atoms with Gasteiger partial charge in [-0.15, -0.1) is 0 Å². The number of carbonyl (C=O) groups excluding carboxylic acids is 3. The molecule has 1 aliphatic rings. The zero-order valence-corrected chi connectivity index (χ0v) is 13.3. The number of nitrogens with one attached hydrogen (secondary N) is 1. The van der Waals surface area contributed by atoms with Crippen molar-refractivity contribution in [3.8, 4) is 0 Å². The molecule has 0 radical (unpaired) electrons. The largest absolute Gasteiger partial charge is 0.456 e. The number of hydrogen-bond acceptors (Lipinski definition) is 5. The van der Waals surface area contributed by atoms with Gasteiger partial charge in [0.05, 0.1) is 0 Å². The molecule has 1 aliphatic heterocycles. The van der Waals surface area contributed by atoms with Gasteiger partial charge in [0.1, 0.15) is 5.82 Å². The van der Waals surface area contributed by atoms with Crippen LogP contribution in [0.3, 0.4) is 0 Å². The minimum absolute atomic E-state index is 0.100. The van der Waals surface area contributed by atoms with Crippen LogP contribution in [0.5, 0.6) is 0 Å². The average molecular weight is 342 g/mol. The van der Waals surface area contributed by atoms with E-state index in [1.165, 1.54) is 26.0 Å². The summed E-state index contributed by atoms with van der Waals surface area (Å²) in [4.78, 5) is 35.0. The van der Waals surface area contributed by atoms with Crippen molar-refractivity contribution in [2.75, 3.05) is 0 Å². The summed E-state index contributed by atoms with van der Waals surface area (Å²) >= 11 is 5.70. The molecule has 1 unspecified atom stereocenters. The van der Waals surface area contributed by atoms with Crippen LogP contribution in [-0.2, 0) is 29.5 Å². The summed E-state index contributed by atoms with van der Waals surface area (Å²) in [7, 11) is 0. The third-order valence-corrected chi connectivity index (χ3v) is 3.37. The molecule has 0 fully saturated rings. The highest BCUT2D eigenvalue weighted by atomic mass is 35.5. The molecule has 2 rings (SSSR count). The molecule has 1 aromatic carbocycles. The monoisotopic (exact) mass is 341 g/mol. The van der Waals surface area contributed by atoms with E-state index in [2.05, 4.69) is 5.32 Å². The first kappa shape index (κ1) is 17.0. The number of Topliss-reactive ketones (excluding diaryl/α,β-unsaturated/α-hetero) is 1. The average Bonchev–Trinajstić information content (AvgIpc) is 2.63. The smallest absolute Gasteiger partial charge is 0.308 e. The summed E-state index contributed by atoms with van der Waals surface area (Å²) in [6.45, 7) is 3.58. The first-order valence-electron chi connectivity index (χ1n) is 6.54. The Hall–Kier alpha value is -2.41. The molecule has 23 heavy (non-hydrogen) atoms. The Morgan fingerprint density at radius 2 is 2.00 bits per heavy atom. The third-order valence-electron chi connectivity index (χ3n) is 3.13. The summed E-state index contributed by atoms with van der Waals surface area (Å²) in [5, 5.41) is 2.40. The number of amides is 1. The second kappa shape index (κ2) is 6.00. The highest BCUT2D eigenvalue weighted by Gasteiger charge is 2.51. The Balaban J connectivity index is 2.49. The van der Waals surface area contributed by atoms with Crippen molar-refractivity contribution >= 4 is 29.3 Å². The lowest BCUT2D eigenvalue weighted by atomic mass is 9.91. The number of rotatable bonds is 3. The van der Waals surface area contributed by atoms with Gasteiger partial charge in [-0.2, -0.15) is 0 Å². The minimum Gasteiger partial charge on any atom is -0.456 e. The van der Waals surface area contributed by atoms with Crippen LogP contribution in [-0.4, -0.2) is 17.7 Å². The van der Waals surface area contributed by atoms with Crippen LogP contribution in [0.1, 0.15) is 26.3 Å². The zero-order valence-electron chi connectivity index (χ0n) is 12.5. The maximum absolute atomic E-state index is 14.2. The molecule has 1 amide bonds. The fourth-order valence-corrected chi connectivity index (χ4v) is 2.31. The van der Waals surface area contributed by atoms with Crippen molar-refractivity contribution in [3.05, 3.63) is 46.2 Å². The number of ether oxygens (including phenoxy) is 2. The molecule has 1 aromatic rings. The lowest BCUT2D eigenvalue weighted by Gasteiger charge is -2.24. The van der Waals surface area contributed by atoms with Gasteiger partial charge in [0.25, 0.3) is 5.78 Å². The van der Waals surface area contributed by atoms with Crippen LogP contribution in [0.4, 0.5) is 4.39 Å². The maximum atomic E-state index is 14.2. The molecular formula is C15H13ClFNO5. The van der Waals surface area contributed by atoms with E-state index in [1.54, 1.807) is 0 Å². The first-order valence-corrected chi connectivity index (χ1v) is 6.92. The minimum atomic E-state index is -1.79. The normalized spacial score (nSPS) is 20.3. The summed E-state index contributed by atoms with van der Waals surface area (Å²) in [5.41, 5.74) is -1.89. The summed E-state index contributed by atoms with van der Waals surface area (Å²) < 4.78 is 24.4. The van der Waals surface area contributed by atoms with Crippen molar-refractivity contribution in [2.24, 2.45) is 0 Å². The number of esters is 1. The standard InChI is InChI=1S/C15H13ClFNO5/c1-7(19)18-14-12(22-8(2)20)13(21)15(3,23-14)10-5-4-9(16)6-11(10)17/h4-6H,1-3H3,(H,18,19). The maximum Gasteiger partial charge on any atom is 0.308 e. The fraction of sp³-hybridized carbons (Fsp3) is 0.267. The summed E-state index contributed by atoms with van der Waals surface area (Å²) in [6.07, 6.45) is 0. The van der Waals surface area contributed by atoms with Crippen molar-refractivity contribution < 1.29 is 28.2 Å². The van der Waals surface area contributed by atoms with E-state index in [0.717, 1.165) is 13.0 Å². The lowest BCUT2D eigenvalue weighted by molar-refractivity contribution is -0.142. The Morgan fingerprint density at radius 1 is 1.35 bits per heavy atom. The third kappa shape index (κ3) is 3.19. The molecule has 0 spiro atoms. The SMILES string of the molecule is CC(=O)NC1=C(OC(C)=O)C(=O)C(C)(c2ccc(Cl)cc2F)O1. The predicted octanol–water partition coefficient (Wildman–Crippen LogP) is 2.16. The van der Waals surface area contributed by atoms with E-state index in [0.29, 0.717) is 0 Å². The van der Waals surface area contributed by atoms with Gasteiger partial charge in [0.15, 0.2) is 0 Å². The van der Waals surface area contributed by atoms with Crippen LogP contribution in [0.2, 0.25) is 5.02 Å². The van der Waals surface area contributed by atoms with E-state index in [-0.39, 0.29) is 16.5 Å². The number of ketones is 1. The van der Waals surface area contributed by atoms with Crippen LogP contribution >= 0.6 is 11.6 Å². The second-order valence-electron chi connectivity index (χ2n) is 5.02. The van der Waals surface area contributed by atoms with Gasteiger partial charge in [-0.1, -0.05) is 17.7 Å². The number of benzene rings is 1. The summed E-state index contributed by atoms with van der Waals surface area (Å²) in [6, 6.07) is 3.71. The molecular weight excluding hydrogens is 329 g/mol. The molecule has 0 saturated carbocycles. The first-order chi connectivity index (χ1) is 10.6. The zero-order chi connectivity index (χ0) is 17.4. The van der Waals surface area contributed by atoms with Crippen molar-refractivity contribution in [3.63, 3.8) is 0 Å². The Labute approximate surface area is 136 Å². The van der Waals surface area contributed by atoms with Gasteiger partial charge in [0, 0.05) is 24.4 Å². The van der Waals surface area contributed by atoms with Crippen LogP contribution < -0.4 is 5.32 Å². The van der Waals surface area contributed by atoms with Crippen LogP contribution in [0, 0.1) is 5.82 Å². The van der Waals surface area contributed by atoms with Crippen molar-refractivity contribution in [2.45, 2.75) is 26.4 Å². The number of hydrogen-bond donors (Lipinski definition) is 1. The predicted molar refractivity (Wildman–Crippen MR) is 77.5 cm³/mol. The molecule has 0 bridgehead atoms. The molecule has 1 N–H and O–H groups in total. The Bertz CT molecular complexity index is 745. The van der Waals surface area contributed by atoms with Gasteiger partial charge >= 0.3 is 5.97 Å². The van der Waals surface area contributed by atoms with Crippen molar-refractivity contribution in [1.29, 1.82) is 0 Å². The van der Waals surface area contributed by atoms with E-state index in [1.807, 2.05) is 0 Å². The Morgan fingerprint density at radius 3 is 2.52 bits per heavy atom. The van der Waals surface area contributed by atoms with Gasteiger partial charge in [-0.3, -0.25) is 19.7 Å². The molecule has 6 nitrogen and oxygen atoms in total. The Kier molecular flexibility index (Phi) is 4.42. The highest BCUT2D eigenvalue weighted by molar-refractivity contribution is 6.30. The quantitative estimate of drug-likeness (QED) is 0.852. The number of halogens is 2. The van der Waals surface area contributed by atoms with E-state index >= 15 is 0 Å². The lowest BCUT2D eigenvalue weighted by Crippen LogP contribution is -2.33. The van der Waals surface area contributed by atoms with E-state index in [4.69, 9.17) is 21.1 Å². The highest BCUT2D eigenvalue weighted by Crippen LogP contribution is 2.39. The van der Waals surface area contributed by atoms with Gasteiger partial charge in [-0.25, -0.2) is 4.39 Å². The molecule has 0 saturated heterocycles. The summed E-state index contributed by atoms with van der Waals surface area (Å²) in [5.74, 6) is -3.70.